The van der Waals surface area contributed by atoms with Crippen LogP contribution in [0.15, 0.2) is 0 Å². The van der Waals surface area contributed by atoms with Crippen molar-refractivity contribution in [2.24, 2.45) is 11.1 Å². The van der Waals surface area contributed by atoms with Crippen LogP contribution in [0.3, 0.4) is 0 Å². The minimum absolute atomic E-state index is 0.0381. The van der Waals surface area contributed by atoms with Crippen molar-refractivity contribution in [2.45, 2.75) is 19.3 Å². The van der Waals surface area contributed by atoms with Gasteiger partial charge in [0.2, 0.25) is 0 Å². The largest absolute Gasteiger partial charge is 0.392 e. The molecule has 4 N–H and O–H groups in total. The van der Waals surface area contributed by atoms with Gasteiger partial charge in [0.15, 0.2) is 0 Å². The molecule has 0 radical (unpaired) electrons. The first-order valence-electron chi connectivity index (χ1n) is 5.82. The lowest BCUT2D eigenvalue weighted by Crippen LogP contribution is -2.44. The van der Waals surface area contributed by atoms with Crippen LogP contribution in [0, 0.1) is 5.41 Å². The van der Waals surface area contributed by atoms with Gasteiger partial charge < -0.3 is 21.1 Å². The first-order chi connectivity index (χ1) is 8.49. The van der Waals surface area contributed by atoms with Gasteiger partial charge in [-0.05, 0) is 24.7 Å². The molecule has 0 unspecified atom stereocenters. The van der Waals surface area contributed by atoms with E-state index in [1.165, 1.54) is 0 Å². The van der Waals surface area contributed by atoms with E-state index >= 15 is 0 Å². The molecule has 0 saturated heterocycles. The number of nitrogens with one attached hydrogen (secondary N) is 2. The number of ether oxygens (including phenoxy) is 1. The standard InChI is InChI=1S/C11H19N3O3S/c1-17-5-4-11(2-3-11)7-14-10(16)9(15)13-6-8(12)18/h2-7H2,1H3,(H2,12,18)(H,13,15)(H,14,16). The summed E-state index contributed by atoms with van der Waals surface area (Å²) in [5.74, 6) is -1.35. The summed E-state index contributed by atoms with van der Waals surface area (Å²) in [6.07, 6.45) is 3.02. The molecule has 0 bridgehead atoms. The summed E-state index contributed by atoms with van der Waals surface area (Å²) in [7, 11) is 1.65. The number of carbonyl (C=O) groups is 2. The van der Waals surface area contributed by atoms with Crippen LogP contribution in [0.25, 0.3) is 0 Å². The fourth-order valence-corrected chi connectivity index (χ4v) is 1.68. The van der Waals surface area contributed by atoms with E-state index in [1.54, 1.807) is 7.11 Å². The number of hydrogen-bond acceptors (Lipinski definition) is 4. The zero-order valence-electron chi connectivity index (χ0n) is 10.5. The van der Waals surface area contributed by atoms with Crippen molar-refractivity contribution in [3.63, 3.8) is 0 Å². The lowest BCUT2D eigenvalue weighted by atomic mass is 10.0. The van der Waals surface area contributed by atoms with E-state index in [2.05, 4.69) is 22.9 Å². The van der Waals surface area contributed by atoms with Gasteiger partial charge in [0.05, 0.1) is 11.5 Å². The molecule has 18 heavy (non-hydrogen) atoms. The zero-order valence-corrected chi connectivity index (χ0v) is 11.3. The fourth-order valence-electron chi connectivity index (χ4n) is 1.61. The Morgan fingerprint density at radius 3 is 2.44 bits per heavy atom. The normalized spacial score (nSPS) is 15.8. The van der Waals surface area contributed by atoms with Gasteiger partial charge in [-0.1, -0.05) is 12.2 Å². The van der Waals surface area contributed by atoms with E-state index in [1.807, 2.05) is 0 Å². The first kappa shape index (κ1) is 14.8. The molecule has 0 aromatic heterocycles. The van der Waals surface area contributed by atoms with E-state index in [-0.39, 0.29) is 16.9 Å². The maximum absolute atomic E-state index is 11.5. The van der Waals surface area contributed by atoms with Crippen LogP contribution in [0.4, 0.5) is 0 Å². The highest BCUT2D eigenvalue weighted by Gasteiger charge is 2.42. The van der Waals surface area contributed by atoms with Gasteiger partial charge in [0, 0.05) is 20.3 Å². The number of rotatable bonds is 7. The third-order valence-corrected chi connectivity index (χ3v) is 3.19. The van der Waals surface area contributed by atoms with Gasteiger partial charge in [-0.3, -0.25) is 9.59 Å². The van der Waals surface area contributed by atoms with E-state index in [0.717, 1.165) is 19.3 Å². The predicted molar refractivity (Wildman–Crippen MR) is 71.0 cm³/mol. The van der Waals surface area contributed by atoms with Crippen LogP contribution in [-0.4, -0.2) is 43.6 Å². The highest BCUT2D eigenvalue weighted by molar-refractivity contribution is 7.80. The van der Waals surface area contributed by atoms with Crippen LogP contribution in [-0.2, 0) is 14.3 Å². The molecule has 7 heteroatoms. The lowest BCUT2D eigenvalue weighted by molar-refractivity contribution is -0.139. The second-order valence-corrected chi connectivity index (χ2v) is 5.10. The SMILES string of the molecule is COCCC1(CNC(=O)C(=O)NCC(N)=S)CC1. The number of nitrogens with two attached hydrogens (primary N) is 1. The van der Waals surface area contributed by atoms with E-state index in [9.17, 15) is 9.59 Å². The van der Waals surface area contributed by atoms with Gasteiger partial charge in [0.1, 0.15) is 0 Å². The molecule has 0 aromatic rings. The van der Waals surface area contributed by atoms with Crippen LogP contribution >= 0.6 is 12.2 Å². The summed E-state index contributed by atoms with van der Waals surface area (Å²) in [6, 6.07) is 0. The Bertz CT molecular complexity index is 342. The molecule has 1 saturated carbocycles. The number of methoxy groups -OCH3 is 1. The smallest absolute Gasteiger partial charge is 0.309 e. The maximum atomic E-state index is 11.5. The van der Waals surface area contributed by atoms with E-state index < -0.39 is 11.8 Å². The molecule has 0 atom stereocenters. The molecular formula is C11H19N3O3S. The van der Waals surface area contributed by atoms with Crippen molar-refractivity contribution in [1.82, 2.24) is 10.6 Å². The lowest BCUT2D eigenvalue weighted by Gasteiger charge is -2.15. The quantitative estimate of drug-likeness (QED) is 0.422. The summed E-state index contributed by atoms with van der Waals surface area (Å²) in [4.78, 5) is 22.9. The molecule has 1 fully saturated rings. The molecule has 0 aliphatic heterocycles. The molecule has 6 nitrogen and oxygen atoms in total. The van der Waals surface area contributed by atoms with Gasteiger partial charge in [-0.2, -0.15) is 0 Å². The molecule has 0 spiro atoms. The second kappa shape index (κ2) is 6.65. The summed E-state index contributed by atoms with van der Waals surface area (Å²) in [5, 5.41) is 4.97. The summed E-state index contributed by atoms with van der Waals surface area (Å²) in [6.45, 7) is 1.22. The highest BCUT2D eigenvalue weighted by atomic mass is 32.1. The molecular weight excluding hydrogens is 254 g/mol. The Hall–Kier alpha value is -1.21. The second-order valence-electron chi connectivity index (χ2n) is 4.57. The first-order valence-corrected chi connectivity index (χ1v) is 6.23. The zero-order chi connectivity index (χ0) is 13.6. The van der Waals surface area contributed by atoms with Crippen LogP contribution < -0.4 is 16.4 Å². The Morgan fingerprint density at radius 1 is 1.33 bits per heavy atom. The van der Waals surface area contributed by atoms with Crippen LogP contribution in [0.5, 0.6) is 0 Å². The third kappa shape index (κ3) is 4.97. The van der Waals surface area contributed by atoms with E-state index in [4.69, 9.17) is 10.5 Å². The minimum Gasteiger partial charge on any atom is -0.392 e. The Morgan fingerprint density at radius 2 is 1.94 bits per heavy atom. The topological polar surface area (TPSA) is 93.4 Å². The van der Waals surface area contributed by atoms with Crippen molar-refractivity contribution in [2.75, 3.05) is 26.8 Å². The number of hydrogen-bond donors (Lipinski definition) is 3. The van der Waals surface area contributed by atoms with E-state index in [0.29, 0.717) is 13.2 Å². The number of thiocarbonyl (C=S) groups is 1. The predicted octanol–water partition coefficient (Wildman–Crippen LogP) is -0.678. The Labute approximate surface area is 112 Å². The fraction of sp³-hybridized carbons (Fsp3) is 0.727. The Kier molecular flexibility index (Phi) is 5.49. The summed E-state index contributed by atoms with van der Waals surface area (Å²) in [5.41, 5.74) is 5.34. The van der Waals surface area contributed by atoms with Gasteiger partial charge >= 0.3 is 11.8 Å². The van der Waals surface area contributed by atoms with Crippen LogP contribution in [0.2, 0.25) is 0 Å². The summed E-state index contributed by atoms with van der Waals surface area (Å²) >= 11 is 4.60. The maximum Gasteiger partial charge on any atom is 0.309 e. The van der Waals surface area contributed by atoms with Crippen molar-refractivity contribution in [3.05, 3.63) is 0 Å². The van der Waals surface area contributed by atoms with Gasteiger partial charge in [-0.25, -0.2) is 0 Å². The van der Waals surface area contributed by atoms with Crippen molar-refractivity contribution >= 4 is 29.0 Å². The Balaban J connectivity index is 2.24. The molecule has 1 rings (SSSR count). The molecule has 102 valence electrons. The van der Waals surface area contributed by atoms with Gasteiger partial charge in [-0.15, -0.1) is 0 Å². The number of amides is 2. The third-order valence-electron chi connectivity index (χ3n) is 3.05. The van der Waals surface area contributed by atoms with Crippen molar-refractivity contribution in [1.29, 1.82) is 0 Å². The minimum atomic E-state index is -0.703. The molecule has 2 amide bonds. The molecule has 1 aliphatic rings. The highest BCUT2D eigenvalue weighted by Crippen LogP contribution is 2.48. The van der Waals surface area contributed by atoms with Crippen molar-refractivity contribution in [3.8, 4) is 0 Å². The molecule has 1 aliphatic carbocycles. The average molecular weight is 273 g/mol. The summed E-state index contributed by atoms with van der Waals surface area (Å²) < 4.78 is 5.02. The molecule has 0 heterocycles. The average Bonchev–Trinajstić information content (AvgIpc) is 3.11. The van der Waals surface area contributed by atoms with Crippen molar-refractivity contribution < 1.29 is 14.3 Å². The van der Waals surface area contributed by atoms with Crippen LogP contribution in [0.1, 0.15) is 19.3 Å². The monoisotopic (exact) mass is 273 g/mol. The number of carbonyl (C=O) groups excluding carboxylic acids is 2. The molecule has 0 aromatic carbocycles. The van der Waals surface area contributed by atoms with Gasteiger partial charge in [0.25, 0.3) is 0 Å².